The maximum absolute atomic E-state index is 11.9. The molecule has 0 atom stereocenters. The molecular formula is C18H19N7O2S2. The van der Waals surface area contributed by atoms with Gasteiger partial charge in [0.05, 0.1) is 17.2 Å². The van der Waals surface area contributed by atoms with Crippen molar-refractivity contribution in [1.82, 2.24) is 35.6 Å². The molecule has 11 heteroatoms. The van der Waals surface area contributed by atoms with Crippen LogP contribution in [0, 0.1) is 6.92 Å². The van der Waals surface area contributed by atoms with Crippen LogP contribution in [0.3, 0.4) is 0 Å². The highest BCUT2D eigenvalue weighted by molar-refractivity contribution is 7.99. The van der Waals surface area contributed by atoms with Gasteiger partial charge < -0.3 is 5.32 Å². The summed E-state index contributed by atoms with van der Waals surface area (Å²) in [4.78, 5) is 23.2. The molecule has 3 amide bonds. The number of benzene rings is 1. The third-order valence-corrected chi connectivity index (χ3v) is 5.49. The number of hydrogen-bond acceptors (Lipinski definition) is 8. The maximum atomic E-state index is 11.9. The summed E-state index contributed by atoms with van der Waals surface area (Å²) in [6.07, 6.45) is 0. The van der Waals surface area contributed by atoms with Gasteiger partial charge in [0.25, 0.3) is 0 Å². The molecule has 0 fully saturated rings. The first-order chi connectivity index (χ1) is 14.1. The van der Waals surface area contributed by atoms with Crippen molar-refractivity contribution in [3.8, 4) is 5.69 Å². The first-order valence-electron chi connectivity index (χ1n) is 8.64. The van der Waals surface area contributed by atoms with Crippen LogP contribution in [0.5, 0.6) is 0 Å². The van der Waals surface area contributed by atoms with E-state index in [4.69, 9.17) is 0 Å². The fourth-order valence-corrected chi connectivity index (χ4v) is 3.78. The number of nitrogens with one attached hydrogen (secondary N) is 2. The first kappa shape index (κ1) is 20.8. The van der Waals surface area contributed by atoms with E-state index in [1.807, 2.05) is 54.0 Å². The standard InChI is InChI=1S/C18H19N7O2S2/c1-12-8-9-16(23-21-12)28-10-14-22-24-18(25(14)13-6-4-3-5-7-13)29-11-15(26)20-17(27)19-2/h3-9H,10-11H2,1-2H3,(H2,19,20,26,27). The quantitative estimate of drug-likeness (QED) is 0.550. The molecule has 0 aliphatic carbocycles. The fourth-order valence-electron chi connectivity index (χ4n) is 2.28. The maximum Gasteiger partial charge on any atom is 0.321 e. The van der Waals surface area contributed by atoms with Crippen molar-refractivity contribution in [1.29, 1.82) is 0 Å². The molecule has 150 valence electrons. The van der Waals surface area contributed by atoms with E-state index in [2.05, 4.69) is 31.0 Å². The van der Waals surface area contributed by atoms with Crippen LogP contribution in [-0.2, 0) is 10.5 Å². The lowest BCUT2D eigenvalue weighted by Crippen LogP contribution is -2.38. The van der Waals surface area contributed by atoms with Crippen LogP contribution in [0.1, 0.15) is 11.5 Å². The number of urea groups is 1. The van der Waals surface area contributed by atoms with Crippen LogP contribution in [-0.4, -0.2) is 49.7 Å². The molecule has 0 aliphatic heterocycles. The Morgan fingerprint density at radius 3 is 2.48 bits per heavy atom. The van der Waals surface area contributed by atoms with Gasteiger partial charge >= 0.3 is 6.03 Å². The molecule has 0 radical (unpaired) electrons. The number of imide groups is 1. The topological polar surface area (TPSA) is 115 Å². The Balaban J connectivity index is 1.77. The molecule has 0 saturated heterocycles. The highest BCUT2D eigenvalue weighted by Crippen LogP contribution is 2.26. The zero-order valence-electron chi connectivity index (χ0n) is 15.8. The van der Waals surface area contributed by atoms with E-state index in [1.165, 1.54) is 30.6 Å². The molecule has 3 aromatic rings. The average molecular weight is 430 g/mol. The second kappa shape index (κ2) is 10.0. The zero-order chi connectivity index (χ0) is 20.6. The number of thioether (sulfide) groups is 2. The molecule has 0 aliphatic rings. The van der Waals surface area contributed by atoms with Crippen molar-refractivity contribution in [3.63, 3.8) is 0 Å². The van der Waals surface area contributed by atoms with Gasteiger partial charge in [0, 0.05) is 12.7 Å². The summed E-state index contributed by atoms with van der Waals surface area (Å²) in [7, 11) is 1.45. The Hall–Kier alpha value is -2.92. The monoisotopic (exact) mass is 429 g/mol. The van der Waals surface area contributed by atoms with Crippen molar-refractivity contribution < 1.29 is 9.59 Å². The summed E-state index contributed by atoms with van der Waals surface area (Å²) in [5, 5.41) is 22.7. The number of carbonyl (C=O) groups is 2. The predicted molar refractivity (Wildman–Crippen MR) is 111 cm³/mol. The Morgan fingerprint density at radius 1 is 1.00 bits per heavy atom. The lowest BCUT2D eigenvalue weighted by Gasteiger charge is -2.10. The van der Waals surface area contributed by atoms with Crippen LogP contribution in [0.2, 0.25) is 0 Å². The molecule has 2 heterocycles. The molecule has 9 nitrogen and oxygen atoms in total. The summed E-state index contributed by atoms with van der Waals surface area (Å²) in [5.41, 5.74) is 1.74. The molecule has 0 bridgehead atoms. The Kier molecular flexibility index (Phi) is 7.19. The summed E-state index contributed by atoms with van der Waals surface area (Å²) in [6, 6.07) is 12.9. The van der Waals surface area contributed by atoms with Gasteiger partial charge in [-0.1, -0.05) is 41.7 Å². The van der Waals surface area contributed by atoms with E-state index >= 15 is 0 Å². The number of aryl methyl sites for hydroxylation is 1. The van der Waals surface area contributed by atoms with Crippen LogP contribution < -0.4 is 10.6 Å². The van der Waals surface area contributed by atoms with Gasteiger partial charge in [0.2, 0.25) is 5.91 Å². The molecular weight excluding hydrogens is 410 g/mol. The fraction of sp³-hybridized carbons (Fsp3) is 0.222. The number of para-hydroxylation sites is 1. The molecule has 0 spiro atoms. The number of rotatable bonds is 7. The van der Waals surface area contributed by atoms with Crippen molar-refractivity contribution in [2.24, 2.45) is 0 Å². The normalized spacial score (nSPS) is 10.6. The lowest BCUT2D eigenvalue weighted by atomic mass is 10.3. The van der Waals surface area contributed by atoms with Gasteiger partial charge in [-0.2, -0.15) is 5.10 Å². The van der Waals surface area contributed by atoms with E-state index in [0.29, 0.717) is 10.9 Å². The summed E-state index contributed by atoms with van der Waals surface area (Å²) >= 11 is 2.71. The Labute approximate surface area is 176 Å². The van der Waals surface area contributed by atoms with Gasteiger partial charge in [0.15, 0.2) is 5.16 Å². The smallest absolute Gasteiger partial charge is 0.321 e. The third-order valence-electron chi connectivity index (χ3n) is 3.65. The second-order valence-electron chi connectivity index (χ2n) is 5.79. The summed E-state index contributed by atoms with van der Waals surface area (Å²) in [6.45, 7) is 1.89. The van der Waals surface area contributed by atoms with Crippen LogP contribution >= 0.6 is 23.5 Å². The highest BCUT2D eigenvalue weighted by Gasteiger charge is 2.17. The summed E-state index contributed by atoms with van der Waals surface area (Å²) in [5.74, 6) is 0.875. The van der Waals surface area contributed by atoms with Crippen molar-refractivity contribution in [2.75, 3.05) is 12.8 Å². The van der Waals surface area contributed by atoms with E-state index in [-0.39, 0.29) is 5.75 Å². The molecule has 29 heavy (non-hydrogen) atoms. The van der Waals surface area contributed by atoms with E-state index < -0.39 is 11.9 Å². The molecule has 0 saturated carbocycles. The van der Waals surface area contributed by atoms with E-state index in [1.54, 1.807) is 0 Å². The predicted octanol–water partition coefficient (Wildman–Crippen LogP) is 2.21. The van der Waals surface area contributed by atoms with E-state index in [0.717, 1.165) is 22.2 Å². The largest absolute Gasteiger partial charge is 0.341 e. The van der Waals surface area contributed by atoms with Crippen LogP contribution in [0.4, 0.5) is 4.79 Å². The highest BCUT2D eigenvalue weighted by atomic mass is 32.2. The molecule has 3 rings (SSSR count). The minimum atomic E-state index is -0.545. The minimum Gasteiger partial charge on any atom is -0.341 e. The third kappa shape index (κ3) is 5.78. The number of aromatic nitrogens is 5. The van der Waals surface area contributed by atoms with E-state index in [9.17, 15) is 9.59 Å². The van der Waals surface area contributed by atoms with Gasteiger partial charge in [-0.25, -0.2) is 4.79 Å². The SMILES string of the molecule is CNC(=O)NC(=O)CSc1nnc(CSc2ccc(C)nn2)n1-c1ccccc1. The summed E-state index contributed by atoms with van der Waals surface area (Å²) < 4.78 is 1.90. The zero-order valence-corrected chi connectivity index (χ0v) is 17.5. The number of hydrogen-bond donors (Lipinski definition) is 2. The number of amides is 3. The van der Waals surface area contributed by atoms with Crippen LogP contribution in [0.15, 0.2) is 52.6 Å². The lowest BCUT2D eigenvalue weighted by molar-refractivity contribution is -0.117. The Bertz CT molecular complexity index is 978. The molecule has 2 N–H and O–H groups in total. The molecule has 1 aromatic carbocycles. The van der Waals surface area contributed by atoms with Gasteiger partial charge in [-0.3, -0.25) is 14.7 Å². The Morgan fingerprint density at radius 2 is 1.79 bits per heavy atom. The molecule has 0 unspecified atom stereocenters. The van der Waals surface area contributed by atoms with Gasteiger partial charge in [-0.05, 0) is 31.2 Å². The number of nitrogens with zero attached hydrogens (tertiary/aromatic N) is 5. The van der Waals surface area contributed by atoms with Crippen LogP contribution in [0.25, 0.3) is 5.69 Å². The van der Waals surface area contributed by atoms with Gasteiger partial charge in [0.1, 0.15) is 10.9 Å². The number of carbonyl (C=O) groups excluding carboxylic acids is 2. The van der Waals surface area contributed by atoms with Crippen molar-refractivity contribution in [3.05, 3.63) is 54.0 Å². The molecule has 2 aromatic heterocycles. The second-order valence-corrected chi connectivity index (χ2v) is 7.73. The van der Waals surface area contributed by atoms with Crippen molar-refractivity contribution >= 4 is 35.5 Å². The van der Waals surface area contributed by atoms with Crippen molar-refractivity contribution in [2.45, 2.75) is 22.9 Å². The first-order valence-corrected chi connectivity index (χ1v) is 10.6. The van der Waals surface area contributed by atoms with Gasteiger partial charge in [-0.15, -0.1) is 15.3 Å². The average Bonchev–Trinajstić information content (AvgIpc) is 3.15. The minimum absolute atomic E-state index is 0.0367.